The van der Waals surface area contributed by atoms with Crippen LogP contribution in [0.1, 0.15) is 43.4 Å². The van der Waals surface area contributed by atoms with E-state index in [9.17, 15) is 13.2 Å². The van der Waals surface area contributed by atoms with Gasteiger partial charge in [-0.1, -0.05) is 35.7 Å². The first kappa shape index (κ1) is 14.5. The second kappa shape index (κ2) is 5.87. The van der Waals surface area contributed by atoms with Crippen LogP contribution >= 0.6 is 15.9 Å². The van der Waals surface area contributed by atoms with Gasteiger partial charge in [0.1, 0.15) is 0 Å². The maximum atomic E-state index is 12.6. The van der Waals surface area contributed by atoms with Gasteiger partial charge in [0, 0.05) is 10.5 Å². The minimum atomic E-state index is -4.33. The van der Waals surface area contributed by atoms with Gasteiger partial charge in [-0.2, -0.15) is 13.2 Å². The van der Waals surface area contributed by atoms with Crippen molar-refractivity contribution in [2.75, 3.05) is 0 Å². The van der Waals surface area contributed by atoms with Crippen LogP contribution in [-0.4, -0.2) is 0 Å². The fourth-order valence-corrected chi connectivity index (χ4v) is 2.09. The molecule has 0 aliphatic carbocycles. The lowest BCUT2D eigenvalue weighted by atomic mass is 10.00. The second-order valence-electron chi connectivity index (χ2n) is 4.02. The maximum Gasteiger partial charge on any atom is 0.416 e. The summed E-state index contributed by atoms with van der Waals surface area (Å²) >= 11 is 3.09. The molecule has 0 amide bonds. The summed E-state index contributed by atoms with van der Waals surface area (Å²) in [5, 5.41) is 0. The summed E-state index contributed by atoms with van der Waals surface area (Å²) in [6.45, 7) is 2.02. The Kier molecular flexibility index (Phi) is 5.01. The molecule has 1 atom stereocenters. The summed E-state index contributed by atoms with van der Waals surface area (Å²) in [7, 11) is 0. The first-order valence-electron chi connectivity index (χ1n) is 5.48. The quantitative estimate of drug-likeness (QED) is 0.860. The number of alkyl halides is 3. The Morgan fingerprint density at radius 3 is 2.47 bits per heavy atom. The Morgan fingerprint density at radius 1 is 1.29 bits per heavy atom. The SMILES string of the molecule is CCCC[C@H](N)c1cc(Br)cc(C(F)(F)F)c1. The van der Waals surface area contributed by atoms with Gasteiger partial charge in [0.25, 0.3) is 0 Å². The van der Waals surface area contributed by atoms with Crippen LogP contribution < -0.4 is 5.73 Å². The van der Waals surface area contributed by atoms with Gasteiger partial charge in [-0.25, -0.2) is 0 Å². The van der Waals surface area contributed by atoms with Crippen molar-refractivity contribution in [3.05, 3.63) is 33.8 Å². The number of nitrogens with two attached hydrogens (primary N) is 1. The molecule has 0 aromatic heterocycles. The van der Waals surface area contributed by atoms with Crippen molar-refractivity contribution in [3.8, 4) is 0 Å². The van der Waals surface area contributed by atoms with Gasteiger partial charge in [0.15, 0.2) is 0 Å². The van der Waals surface area contributed by atoms with E-state index in [1.54, 1.807) is 6.07 Å². The Labute approximate surface area is 107 Å². The van der Waals surface area contributed by atoms with Crippen molar-refractivity contribution in [3.63, 3.8) is 0 Å². The van der Waals surface area contributed by atoms with Gasteiger partial charge >= 0.3 is 6.18 Å². The van der Waals surface area contributed by atoms with Gasteiger partial charge in [0.05, 0.1) is 5.56 Å². The predicted molar refractivity (Wildman–Crippen MR) is 65.6 cm³/mol. The molecule has 0 bridgehead atoms. The van der Waals surface area contributed by atoms with E-state index >= 15 is 0 Å². The van der Waals surface area contributed by atoms with E-state index in [4.69, 9.17) is 5.73 Å². The normalized spacial score (nSPS) is 13.8. The number of halogens is 4. The number of rotatable bonds is 4. The fraction of sp³-hybridized carbons (Fsp3) is 0.500. The molecule has 2 N–H and O–H groups in total. The lowest BCUT2D eigenvalue weighted by Crippen LogP contribution is -2.12. The van der Waals surface area contributed by atoms with Crippen LogP contribution in [0.2, 0.25) is 0 Å². The average Bonchev–Trinajstić information content (AvgIpc) is 2.23. The third-order valence-electron chi connectivity index (χ3n) is 2.54. The van der Waals surface area contributed by atoms with E-state index in [0.717, 1.165) is 25.0 Å². The summed E-state index contributed by atoms with van der Waals surface area (Å²) < 4.78 is 38.2. The molecule has 1 aromatic carbocycles. The minimum Gasteiger partial charge on any atom is -0.324 e. The average molecular weight is 310 g/mol. The molecule has 1 aromatic rings. The molecule has 0 saturated carbocycles. The Morgan fingerprint density at radius 2 is 1.94 bits per heavy atom. The molecule has 0 spiro atoms. The summed E-state index contributed by atoms with van der Waals surface area (Å²) in [6.07, 6.45) is -1.74. The maximum absolute atomic E-state index is 12.6. The summed E-state index contributed by atoms with van der Waals surface area (Å²) in [4.78, 5) is 0. The van der Waals surface area contributed by atoms with E-state index in [1.165, 1.54) is 0 Å². The number of unbranched alkanes of at least 4 members (excludes halogenated alkanes) is 1. The number of benzene rings is 1. The molecule has 0 aliphatic rings. The molecule has 17 heavy (non-hydrogen) atoms. The first-order valence-corrected chi connectivity index (χ1v) is 6.27. The summed E-state index contributed by atoms with van der Waals surface area (Å²) in [5.41, 5.74) is 5.74. The van der Waals surface area contributed by atoms with Crippen LogP contribution in [0.25, 0.3) is 0 Å². The third-order valence-corrected chi connectivity index (χ3v) is 3.00. The number of hydrogen-bond acceptors (Lipinski definition) is 1. The molecule has 0 aliphatic heterocycles. The predicted octanol–water partition coefficient (Wildman–Crippen LogP) is 4.66. The molecule has 0 saturated heterocycles. The molecular weight excluding hydrogens is 295 g/mol. The van der Waals surface area contributed by atoms with Crippen LogP contribution in [-0.2, 0) is 6.18 Å². The highest BCUT2D eigenvalue weighted by molar-refractivity contribution is 9.10. The minimum absolute atomic E-state index is 0.339. The standard InChI is InChI=1S/C12H15BrF3N/c1-2-3-4-11(17)8-5-9(12(14,15)16)7-10(13)6-8/h5-7,11H,2-4,17H2,1H3/t11-/m0/s1. The molecule has 96 valence electrons. The molecule has 0 fully saturated rings. The zero-order chi connectivity index (χ0) is 13.1. The zero-order valence-corrected chi connectivity index (χ0v) is 11.1. The smallest absolute Gasteiger partial charge is 0.324 e. The van der Waals surface area contributed by atoms with E-state index in [2.05, 4.69) is 15.9 Å². The van der Waals surface area contributed by atoms with Crippen LogP contribution in [0.15, 0.2) is 22.7 Å². The summed E-state index contributed by atoms with van der Waals surface area (Å²) in [5.74, 6) is 0. The van der Waals surface area contributed by atoms with E-state index < -0.39 is 11.7 Å². The number of hydrogen-bond donors (Lipinski definition) is 1. The molecule has 1 nitrogen and oxygen atoms in total. The van der Waals surface area contributed by atoms with Gasteiger partial charge in [-0.05, 0) is 30.2 Å². The van der Waals surface area contributed by atoms with Crippen LogP contribution in [0.3, 0.4) is 0 Å². The monoisotopic (exact) mass is 309 g/mol. The van der Waals surface area contributed by atoms with Crippen molar-refractivity contribution in [1.29, 1.82) is 0 Å². The lowest BCUT2D eigenvalue weighted by Gasteiger charge is -2.15. The summed E-state index contributed by atoms with van der Waals surface area (Å²) in [6, 6.07) is 3.50. The largest absolute Gasteiger partial charge is 0.416 e. The van der Waals surface area contributed by atoms with E-state index in [0.29, 0.717) is 16.5 Å². The van der Waals surface area contributed by atoms with E-state index in [1.807, 2.05) is 6.92 Å². The molecular formula is C12H15BrF3N. The van der Waals surface area contributed by atoms with Crippen molar-refractivity contribution in [1.82, 2.24) is 0 Å². The fourth-order valence-electron chi connectivity index (χ4n) is 1.58. The van der Waals surface area contributed by atoms with Gasteiger partial charge < -0.3 is 5.73 Å². The zero-order valence-electron chi connectivity index (χ0n) is 9.52. The highest BCUT2D eigenvalue weighted by atomic mass is 79.9. The van der Waals surface area contributed by atoms with Gasteiger partial charge in [0.2, 0.25) is 0 Å². The molecule has 5 heteroatoms. The molecule has 0 radical (unpaired) electrons. The molecule has 1 rings (SSSR count). The first-order chi connectivity index (χ1) is 7.84. The highest BCUT2D eigenvalue weighted by Gasteiger charge is 2.31. The molecule has 0 unspecified atom stereocenters. The Bertz CT molecular complexity index is 377. The second-order valence-corrected chi connectivity index (χ2v) is 4.94. The third kappa shape index (κ3) is 4.32. The Balaban J connectivity index is 2.97. The van der Waals surface area contributed by atoms with Crippen molar-refractivity contribution >= 4 is 15.9 Å². The van der Waals surface area contributed by atoms with Crippen LogP contribution in [0, 0.1) is 0 Å². The topological polar surface area (TPSA) is 26.0 Å². The lowest BCUT2D eigenvalue weighted by molar-refractivity contribution is -0.137. The van der Waals surface area contributed by atoms with Crippen molar-refractivity contribution < 1.29 is 13.2 Å². The van der Waals surface area contributed by atoms with Gasteiger partial charge in [-0.3, -0.25) is 0 Å². The van der Waals surface area contributed by atoms with E-state index in [-0.39, 0.29) is 6.04 Å². The van der Waals surface area contributed by atoms with Crippen LogP contribution in [0.4, 0.5) is 13.2 Å². The van der Waals surface area contributed by atoms with Crippen molar-refractivity contribution in [2.45, 2.75) is 38.4 Å². The Hall–Kier alpha value is -0.550. The highest BCUT2D eigenvalue weighted by Crippen LogP contribution is 2.33. The van der Waals surface area contributed by atoms with Gasteiger partial charge in [-0.15, -0.1) is 0 Å². The van der Waals surface area contributed by atoms with Crippen molar-refractivity contribution in [2.24, 2.45) is 5.73 Å². The van der Waals surface area contributed by atoms with Crippen LogP contribution in [0.5, 0.6) is 0 Å². The molecule has 0 heterocycles.